The van der Waals surface area contributed by atoms with Crippen LogP contribution in [0.1, 0.15) is 39.6 Å². The maximum Gasteiger partial charge on any atom is 0.275 e. The molecule has 10 heteroatoms. The van der Waals surface area contributed by atoms with E-state index in [1.54, 1.807) is 44.2 Å². The number of carbonyl (C=O) groups excluding carboxylic acids is 1. The predicted molar refractivity (Wildman–Crippen MR) is 131 cm³/mol. The molecule has 0 fully saturated rings. The van der Waals surface area contributed by atoms with Crippen LogP contribution in [0.25, 0.3) is 16.9 Å². The smallest absolute Gasteiger partial charge is 0.275 e. The van der Waals surface area contributed by atoms with E-state index in [0.29, 0.717) is 38.7 Å². The first-order valence-corrected chi connectivity index (χ1v) is 11.3. The predicted octanol–water partition coefficient (Wildman–Crippen LogP) is 3.96. The molecule has 8 nitrogen and oxygen atoms in total. The monoisotopic (exact) mass is 498 g/mol. The number of benzene rings is 2. The van der Waals surface area contributed by atoms with Crippen molar-refractivity contribution in [3.8, 4) is 17.1 Å². The zero-order chi connectivity index (χ0) is 25.3. The Labute approximate surface area is 205 Å². The molecular formula is C25H24ClFN4O4. The van der Waals surface area contributed by atoms with E-state index in [9.17, 15) is 19.1 Å². The number of nitrogens with one attached hydrogen (secondary N) is 2. The quantitative estimate of drug-likeness (QED) is 0.357. The van der Waals surface area contributed by atoms with Gasteiger partial charge < -0.3 is 20.1 Å². The molecule has 2 aromatic heterocycles. The molecule has 0 saturated carbocycles. The number of aryl methyl sites for hydroxylation is 2. The fourth-order valence-corrected chi connectivity index (χ4v) is 4.35. The van der Waals surface area contributed by atoms with Crippen LogP contribution in [0.4, 0.5) is 4.39 Å². The molecule has 0 saturated heterocycles. The standard InChI is InChI=1S/C25H24ClFN4O4/c1-13-21(24(33)28-19(10-11-32)15-4-7-17(27)8-5-15)14(2)31-22(13)25(34)29-23(30-31)16-6-9-18(26)20(12-16)35-3/h4-9,12,19,32H,10-11H2,1-3H3,(H,28,33)(H,29,30,34)/t19-/m1/s1. The van der Waals surface area contributed by atoms with Gasteiger partial charge in [-0.2, -0.15) is 0 Å². The van der Waals surface area contributed by atoms with E-state index in [1.165, 1.54) is 23.8 Å². The summed E-state index contributed by atoms with van der Waals surface area (Å²) in [6.07, 6.45) is 0.240. The summed E-state index contributed by atoms with van der Waals surface area (Å²) in [6, 6.07) is 10.2. The summed E-state index contributed by atoms with van der Waals surface area (Å²) in [5, 5.41) is 17.4. The van der Waals surface area contributed by atoms with Crippen molar-refractivity contribution in [1.82, 2.24) is 19.9 Å². The van der Waals surface area contributed by atoms with Gasteiger partial charge in [-0.1, -0.05) is 23.7 Å². The molecule has 182 valence electrons. The molecule has 1 atom stereocenters. The number of fused-ring (bicyclic) bond motifs is 1. The Kier molecular flexibility index (Phi) is 6.90. The Morgan fingerprint density at radius 2 is 1.97 bits per heavy atom. The molecule has 35 heavy (non-hydrogen) atoms. The number of aliphatic hydroxyl groups is 1. The van der Waals surface area contributed by atoms with Gasteiger partial charge in [-0.3, -0.25) is 9.59 Å². The fraction of sp³-hybridized carbons (Fsp3) is 0.240. The van der Waals surface area contributed by atoms with Crippen LogP contribution in [0.2, 0.25) is 5.02 Å². The molecule has 0 radical (unpaired) electrons. The maximum atomic E-state index is 13.4. The highest BCUT2D eigenvalue weighted by Gasteiger charge is 2.25. The minimum absolute atomic E-state index is 0.173. The summed E-state index contributed by atoms with van der Waals surface area (Å²) in [6.45, 7) is 3.21. The number of aliphatic hydroxyl groups excluding tert-OH is 1. The highest BCUT2D eigenvalue weighted by Crippen LogP contribution is 2.29. The summed E-state index contributed by atoms with van der Waals surface area (Å²) >= 11 is 6.11. The van der Waals surface area contributed by atoms with E-state index < -0.39 is 23.3 Å². The number of aromatic nitrogens is 3. The zero-order valence-corrected chi connectivity index (χ0v) is 20.1. The minimum atomic E-state index is -0.543. The van der Waals surface area contributed by atoms with Gasteiger partial charge in [-0.25, -0.2) is 8.91 Å². The second-order valence-corrected chi connectivity index (χ2v) is 8.49. The summed E-state index contributed by atoms with van der Waals surface area (Å²) in [5.74, 6) is -0.106. The third-order valence-corrected chi connectivity index (χ3v) is 6.23. The minimum Gasteiger partial charge on any atom is -0.495 e. The Morgan fingerprint density at radius 1 is 1.26 bits per heavy atom. The molecule has 0 spiro atoms. The van der Waals surface area contributed by atoms with Crippen molar-refractivity contribution in [3.05, 3.63) is 86.0 Å². The molecule has 4 rings (SSSR count). The van der Waals surface area contributed by atoms with Gasteiger partial charge in [0.2, 0.25) is 0 Å². The van der Waals surface area contributed by atoms with Crippen molar-refractivity contribution < 1.29 is 19.0 Å². The van der Waals surface area contributed by atoms with Gasteiger partial charge in [-0.05, 0) is 61.7 Å². The highest BCUT2D eigenvalue weighted by atomic mass is 35.5. The second kappa shape index (κ2) is 9.89. The van der Waals surface area contributed by atoms with E-state index in [-0.39, 0.29) is 24.4 Å². The van der Waals surface area contributed by atoms with Crippen molar-refractivity contribution in [2.75, 3.05) is 13.7 Å². The van der Waals surface area contributed by atoms with Crippen LogP contribution < -0.4 is 15.6 Å². The molecule has 1 amide bonds. The molecule has 0 aliphatic heterocycles. The van der Waals surface area contributed by atoms with Crippen molar-refractivity contribution in [2.45, 2.75) is 26.3 Å². The summed E-state index contributed by atoms with van der Waals surface area (Å²) in [7, 11) is 1.49. The molecule has 2 aromatic carbocycles. The largest absolute Gasteiger partial charge is 0.495 e. The highest BCUT2D eigenvalue weighted by molar-refractivity contribution is 6.32. The number of hydrogen-bond donors (Lipinski definition) is 3. The van der Waals surface area contributed by atoms with Crippen LogP contribution in [-0.2, 0) is 0 Å². The number of hydrogen-bond acceptors (Lipinski definition) is 5. The molecule has 4 aromatic rings. The van der Waals surface area contributed by atoms with E-state index in [0.717, 1.165) is 0 Å². The maximum absolute atomic E-state index is 13.4. The number of rotatable bonds is 7. The Bertz CT molecular complexity index is 1460. The third-order valence-electron chi connectivity index (χ3n) is 5.92. The summed E-state index contributed by atoms with van der Waals surface area (Å²) in [5.41, 5.74) is 2.33. The van der Waals surface area contributed by atoms with Crippen LogP contribution in [0.3, 0.4) is 0 Å². The number of halogens is 2. The Morgan fingerprint density at radius 3 is 2.63 bits per heavy atom. The number of amides is 1. The number of carbonyl (C=O) groups is 1. The second-order valence-electron chi connectivity index (χ2n) is 8.09. The van der Waals surface area contributed by atoms with Crippen molar-refractivity contribution in [1.29, 1.82) is 0 Å². The number of methoxy groups -OCH3 is 1. The number of aromatic amines is 1. The SMILES string of the molecule is COc1cc(-c2nn3c(C)c(C(=O)N[C@H](CCO)c4ccc(F)cc4)c(C)c3c(=O)[nH]2)ccc1Cl. The lowest BCUT2D eigenvalue weighted by atomic mass is 10.0. The first-order chi connectivity index (χ1) is 16.7. The van der Waals surface area contributed by atoms with Gasteiger partial charge in [-0.15, -0.1) is 5.10 Å². The fourth-order valence-electron chi connectivity index (χ4n) is 4.15. The van der Waals surface area contributed by atoms with Crippen LogP contribution in [0.5, 0.6) is 5.75 Å². The van der Waals surface area contributed by atoms with Crippen molar-refractivity contribution >= 4 is 23.0 Å². The van der Waals surface area contributed by atoms with E-state index in [1.807, 2.05) is 0 Å². The van der Waals surface area contributed by atoms with Gasteiger partial charge in [0.05, 0.1) is 29.4 Å². The Hall–Kier alpha value is -3.69. The molecule has 3 N–H and O–H groups in total. The van der Waals surface area contributed by atoms with E-state index in [2.05, 4.69) is 15.4 Å². The average Bonchev–Trinajstić information content (AvgIpc) is 3.09. The van der Waals surface area contributed by atoms with Crippen molar-refractivity contribution in [3.63, 3.8) is 0 Å². The summed E-state index contributed by atoms with van der Waals surface area (Å²) in [4.78, 5) is 29.1. The van der Waals surface area contributed by atoms with Crippen LogP contribution in [-0.4, -0.2) is 39.3 Å². The van der Waals surface area contributed by atoms with Crippen molar-refractivity contribution in [2.24, 2.45) is 0 Å². The van der Waals surface area contributed by atoms with Crippen LogP contribution in [0, 0.1) is 19.7 Å². The number of ether oxygens (including phenoxy) is 1. The van der Waals surface area contributed by atoms with Gasteiger partial charge in [0.25, 0.3) is 11.5 Å². The molecule has 0 unspecified atom stereocenters. The number of nitrogens with zero attached hydrogens (tertiary/aromatic N) is 2. The first-order valence-electron chi connectivity index (χ1n) is 10.9. The molecule has 2 heterocycles. The lowest BCUT2D eigenvalue weighted by Gasteiger charge is -2.18. The first kappa shape index (κ1) is 24.4. The number of H-pyrrole nitrogens is 1. The van der Waals surface area contributed by atoms with Crippen LogP contribution >= 0.6 is 11.6 Å². The Balaban J connectivity index is 1.75. The van der Waals surface area contributed by atoms with Gasteiger partial charge >= 0.3 is 0 Å². The topological polar surface area (TPSA) is 109 Å². The molecule has 0 aliphatic carbocycles. The normalized spacial score (nSPS) is 12.1. The average molecular weight is 499 g/mol. The summed E-state index contributed by atoms with van der Waals surface area (Å²) < 4.78 is 20.0. The lowest BCUT2D eigenvalue weighted by molar-refractivity contribution is 0.0929. The van der Waals surface area contributed by atoms with Gasteiger partial charge in [0, 0.05) is 12.2 Å². The molecule has 0 bridgehead atoms. The molecular weight excluding hydrogens is 475 g/mol. The van der Waals surface area contributed by atoms with Crippen LogP contribution in [0.15, 0.2) is 47.3 Å². The third kappa shape index (κ3) is 4.65. The zero-order valence-electron chi connectivity index (χ0n) is 19.4. The van der Waals surface area contributed by atoms with Gasteiger partial charge in [0.15, 0.2) is 5.82 Å². The molecule has 0 aliphatic rings. The lowest BCUT2D eigenvalue weighted by Crippen LogP contribution is -2.30. The van der Waals surface area contributed by atoms with Gasteiger partial charge in [0.1, 0.15) is 17.1 Å². The van der Waals surface area contributed by atoms with E-state index >= 15 is 0 Å². The van der Waals surface area contributed by atoms with E-state index in [4.69, 9.17) is 16.3 Å².